The van der Waals surface area contributed by atoms with Crippen LogP contribution in [0, 0.1) is 0 Å². The Morgan fingerprint density at radius 1 is 1.16 bits per heavy atom. The first-order valence-corrected chi connectivity index (χ1v) is 9.91. The first-order valence-electron chi connectivity index (χ1n) is 8.92. The average molecular weight is 359 g/mol. The van der Waals surface area contributed by atoms with Gasteiger partial charge in [0.1, 0.15) is 5.82 Å². The van der Waals surface area contributed by atoms with Crippen LogP contribution in [0.5, 0.6) is 0 Å². The Hall–Kier alpha value is -1.82. The van der Waals surface area contributed by atoms with Gasteiger partial charge in [0.15, 0.2) is 5.16 Å². The van der Waals surface area contributed by atoms with E-state index in [0.717, 1.165) is 30.2 Å². The standard InChI is InChI=1S/C19H26N4OS/c1-14-8-7-9-15(2)23(14)18(24)13-25-19-21-20-17(22(19)3)12-16-10-5-4-6-11-16/h4-6,10-11,14-15H,7-9,12-13H2,1-3H3. The number of nitrogens with zero attached hydrogens (tertiary/aromatic N) is 4. The fourth-order valence-electron chi connectivity index (χ4n) is 3.52. The van der Waals surface area contributed by atoms with Crippen LogP contribution < -0.4 is 0 Å². The van der Waals surface area contributed by atoms with E-state index in [2.05, 4.69) is 41.1 Å². The maximum absolute atomic E-state index is 12.6. The van der Waals surface area contributed by atoms with Crippen molar-refractivity contribution in [1.82, 2.24) is 19.7 Å². The molecule has 0 bridgehead atoms. The Morgan fingerprint density at radius 3 is 2.52 bits per heavy atom. The number of piperidine rings is 1. The van der Waals surface area contributed by atoms with Crippen molar-refractivity contribution in [1.29, 1.82) is 0 Å². The molecular formula is C19H26N4OS. The third kappa shape index (κ3) is 4.24. The van der Waals surface area contributed by atoms with Gasteiger partial charge in [-0.3, -0.25) is 4.79 Å². The van der Waals surface area contributed by atoms with E-state index >= 15 is 0 Å². The van der Waals surface area contributed by atoms with Crippen molar-refractivity contribution in [2.75, 3.05) is 5.75 Å². The van der Waals surface area contributed by atoms with Gasteiger partial charge in [-0.15, -0.1) is 10.2 Å². The molecule has 2 aromatic rings. The van der Waals surface area contributed by atoms with E-state index in [1.807, 2.05) is 29.8 Å². The van der Waals surface area contributed by atoms with Gasteiger partial charge in [-0.05, 0) is 38.7 Å². The van der Waals surface area contributed by atoms with Gasteiger partial charge in [-0.1, -0.05) is 42.1 Å². The van der Waals surface area contributed by atoms with E-state index in [1.54, 1.807) is 0 Å². The topological polar surface area (TPSA) is 51.0 Å². The second kappa shape index (κ2) is 8.04. The molecule has 134 valence electrons. The maximum atomic E-state index is 12.6. The lowest BCUT2D eigenvalue weighted by molar-refractivity contribution is -0.134. The van der Waals surface area contributed by atoms with Crippen LogP contribution >= 0.6 is 11.8 Å². The Kier molecular flexibility index (Phi) is 5.78. The molecule has 1 aliphatic rings. The van der Waals surface area contributed by atoms with E-state index in [4.69, 9.17) is 0 Å². The summed E-state index contributed by atoms with van der Waals surface area (Å²) in [6.07, 6.45) is 4.17. The zero-order valence-corrected chi connectivity index (χ0v) is 16.0. The van der Waals surface area contributed by atoms with Gasteiger partial charge in [0, 0.05) is 25.6 Å². The molecule has 0 aliphatic carbocycles. The Balaban J connectivity index is 1.61. The molecule has 0 spiro atoms. The van der Waals surface area contributed by atoms with Crippen molar-refractivity contribution < 1.29 is 4.79 Å². The number of amides is 1. The van der Waals surface area contributed by atoms with Crippen LogP contribution in [0.3, 0.4) is 0 Å². The third-order valence-electron chi connectivity index (χ3n) is 4.94. The lowest BCUT2D eigenvalue weighted by Gasteiger charge is -2.39. The number of aromatic nitrogens is 3. The molecule has 2 unspecified atom stereocenters. The van der Waals surface area contributed by atoms with Gasteiger partial charge >= 0.3 is 0 Å². The van der Waals surface area contributed by atoms with Gasteiger partial charge in [-0.25, -0.2) is 0 Å². The maximum Gasteiger partial charge on any atom is 0.233 e. The molecule has 0 radical (unpaired) electrons. The molecule has 3 rings (SSSR count). The average Bonchev–Trinajstić information content (AvgIpc) is 2.94. The number of hydrogen-bond donors (Lipinski definition) is 0. The highest BCUT2D eigenvalue weighted by molar-refractivity contribution is 7.99. The Labute approximate surface area is 153 Å². The molecule has 25 heavy (non-hydrogen) atoms. The van der Waals surface area contributed by atoms with Gasteiger partial charge in [0.25, 0.3) is 0 Å². The minimum Gasteiger partial charge on any atom is -0.337 e. The highest BCUT2D eigenvalue weighted by Crippen LogP contribution is 2.25. The van der Waals surface area contributed by atoms with Crippen molar-refractivity contribution in [2.24, 2.45) is 7.05 Å². The Bertz CT molecular complexity index is 705. The van der Waals surface area contributed by atoms with E-state index < -0.39 is 0 Å². The van der Waals surface area contributed by atoms with Crippen molar-refractivity contribution in [3.63, 3.8) is 0 Å². The number of hydrogen-bond acceptors (Lipinski definition) is 4. The summed E-state index contributed by atoms with van der Waals surface area (Å²) in [6, 6.07) is 10.9. The predicted molar refractivity (Wildman–Crippen MR) is 101 cm³/mol. The van der Waals surface area contributed by atoms with Gasteiger partial charge in [0.05, 0.1) is 5.75 Å². The Morgan fingerprint density at radius 2 is 1.84 bits per heavy atom. The molecule has 0 saturated carbocycles. The number of likely N-dealkylation sites (tertiary alicyclic amines) is 1. The van der Waals surface area contributed by atoms with E-state index in [1.165, 1.54) is 23.7 Å². The van der Waals surface area contributed by atoms with Gasteiger partial charge in [-0.2, -0.15) is 0 Å². The summed E-state index contributed by atoms with van der Waals surface area (Å²) in [5, 5.41) is 9.37. The number of benzene rings is 1. The number of carbonyl (C=O) groups excluding carboxylic acids is 1. The zero-order valence-electron chi connectivity index (χ0n) is 15.2. The van der Waals surface area contributed by atoms with Crippen LogP contribution in [0.15, 0.2) is 35.5 Å². The molecule has 1 aromatic carbocycles. The zero-order chi connectivity index (χ0) is 17.8. The summed E-state index contributed by atoms with van der Waals surface area (Å²) in [5.41, 5.74) is 1.21. The van der Waals surface area contributed by atoms with Gasteiger partial charge in [0.2, 0.25) is 5.91 Å². The summed E-state index contributed by atoms with van der Waals surface area (Å²) in [6.45, 7) is 4.30. The fraction of sp³-hybridized carbons (Fsp3) is 0.526. The molecule has 2 atom stereocenters. The van der Waals surface area contributed by atoms with Crippen molar-refractivity contribution in [2.45, 2.75) is 56.8 Å². The summed E-state index contributed by atoms with van der Waals surface area (Å²) >= 11 is 1.48. The smallest absolute Gasteiger partial charge is 0.233 e. The molecule has 1 aromatic heterocycles. The molecular weight excluding hydrogens is 332 g/mol. The normalized spacial score (nSPS) is 20.7. The van der Waals surface area contributed by atoms with E-state index in [0.29, 0.717) is 17.8 Å². The quantitative estimate of drug-likeness (QED) is 0.770. The van der Waals surface area contributed by atoms with Crippen LogP contribution in [-0.4, -0.2) is 43.4 Å². The fourth-order valence-corrected chi connectivity index (χ4v) is 4.32. The molecule has 6 heteroatoms. The summed E-state index contributed by atoms with van der Waals surface area (Å²) in [5.74, 6) is 1.55. The second-order valence-electron chi connectivity index (χ2n) is 6.84. The van der Waals surface area contributed by atoms with Crippen LogP contribution in [-0.2, 0) is 18.3 Å². The predicted octanol–water partition coefficient (Wildman–Crippen LogP) is 3.29. The first-order chi connectivity index (χ1) is 12.1. The lowest BCUT2D eigenvalue weighted by atomic mass is 9.98. The number of rotatable bonds is 5. The van der Waals surface area contributed by atoms with Crippen LogP contribution in [0.2, 0.25) is 0 Å². The SMILES string of the molecule is CC1CCCC(C)N1C(=O)CSc1nnc(Cc2ccccc2)n1C. The van der Waals surface area contributed by atoms with Crippen LogP contribution in [0.1, 0.15) is 44.5 Å². The summed E-state index contributed by atoms with van der Waals surface area (Å²) < 4.78 is 1.99. The number of thioether (sulfide) groups is 1. The highest BCUT2D eigenvalue weighted by Gasteiger charge is 2.29. The lowest BCUT2D eigenvalue weighted by Crippen LogP contribution is -2.48. The van der Waals surface area contributed by atoms with Crippen molar-refractivity contribution in [3.05, 3.63) is 41.7 Å². The highest BCUT2D eigenvalue weighted by atomic mass is 32.2. The molecule has 1 fully saturated rings. The molecule has 1 aliphatic heterocycles. The molecule has 0 N–H and O–H groups in total. The molecule has 5 nitrogen and oxygen atoms in total. The van der Waals surface area contributed by atoms with E-state index in [-0.39, 0.29) is 5.91 Å². The monoisotopic (exact) mass is 358 g/mol. The first kappa shape index (κ1) is 18.0. The number of carbonyl (C=O) groups is 1. The third-order valence-corrected chi connectivity index (χ3v) is 5.94. The molecule has 2 heterocycles. The van der Waals surface area contributed by atoms with Crippen molar-refractivity contribution in [3.8, 4) is 0 Å². The largest absolute Gasteiger partial charge is 0.337 e. The van der Waals surface area contributed by atoms with Crippen molar-refractivity contribution >= 4 is 17.7 Å². The summed E-state index contributed by atoms with van der Waals surface area (Å²) in [4.78, 5) is 14.7. The summed E-state index contributed by atoms with van der Waals surface area (Å²) in [7, 11) is 1.97. The molecule has 1 amide bonds. The van der Waals surface area contributed by atoms with E-state index in [9.17, 15) is 4.79 Å². The second-order valence-corrected chi connectivity index (χ2v) is 7.78. The molecule has 1 saturated heterocycles. The van der Waals surface area contributed by atoms with Crippen LogP contribution in [0.4, 0.5) is 0 Å². The minimum absolute atomic E-state index is 0.206. The van der Waals surface area contributed by atoms with Gasteiger partial charge < -0.3 is 9.47 Å². The van der Waals surface area contributed by atoms with Crippen LogP contribution in [0.25, 0.3) is 0 Å². The minimum atomic E-state index is 0.206.